The van der Waals surface area contributed by atoms with Gasteiger partial charge >= 0.3 is 0 Å². The number of rotatable bonds is 7. The third kappa shape index (κ3) is 4.63. The number of amides is 1. The molecule has 2 aromatic carbocycles. The predicted molar refractivity (Wildman–Crippen MR) is 125 cm³/mol. The number of halogens is 1. The first kappa shape index (κ1) is 21.9. The third-order valence-corrected chi connectivity index (χ3v) is 8.28. The first-order valence-electron chi connectivity index (χ1n) is 10.4. The number of nitrogens with zero attached hydrogens (tertiary/aromatic N) is 1. The van der Waals surface area contributed by atoms with Gasteiger partial charge in [0.1, 0.15) is 0 Å². The summed E-state index contributed by atoms with van der Waals surface area (Å²) in [6, 6.07) is 14.2. The predicted octanol–water partition coefficient (Wildman–Crippen LogP) is 3.61. The topological polar surface area (TPSA) is 96.3 Å². The minimum absolute atomic E-state index is 0.0246. The Morgan fingerprint density at radius 2 is 1.84 bits per heavy atom. The SMILES string of the molecule is NC(=O)Cc1cc(-c2ccccc2)cc2c(C3CCN(S(=O)(=O)CCCl)CC3)c[nH]c12. The fourth-order valence-corrected chi connectivity index (χ4v) is 6.27. The number of hydrogen-bond acceptors (Lipinski definition) is 3. The summed E-state index contributed by atoms with van der Waals surface area (Å²) < 4.78 is 26.2. The minimum atomic E-state index is -3.29. The van der Waals surface area contributed by atoms with Gasteiger partial charge in [-0.15, -0.1) is 11.6 Å². The summed E-state index contributed by atoms with van der Waals surface area (Å²) in [7, 11) is -3.29. The molecule has 31 heavy (non-hydrogen) atoms. The van der Waals surface area contributed by atoms with Crippen LogP contribution in [0.3, 0.4) is 0 Å². The molecular weight excluding hydrogens is 434 g/mol. The van der Waals surface area contributed by atoms with E-state index in [0.29, 0.717) is 13.1 Å². The Morgan fingerprint density at radius 1 is 1.13 bits per heavy atom. The molecule has 1 saturated heterocycles. The van der Waals surface area contributed by atoms with Crippen molar-refractivity contribution in [3.05, 3.63) is 59.8 Å². The summed E-state index contributed by atoms with van der Waals surface area (Å²) in [4.78, 5) is 15.0. The van der Waals surface area contributed by atoms with Gasteiger partial charge in [-0.1, -0.05) is 30.3 Å². The highest BCUT2D eigenvalue weighted by molar-refractivity contribution is 7.89. The molecule has 164 valence electrons. The molecular formula is C23H26ClN3O3S. The second-order valence-corrected chi connectivity index (χ2v) is 10.5. The summed E-state index contributed by atoms with van der Waals surface area (Å²) in [5.41, 5.74) is 10.6. The fraction of sp³-hybridized carbons (Fsp3) is 0.348. The molecule has 0 saturated carbocycles. The number of aromatic amines is 1. The zero-order valence-electron chi connectivity index (χ0n) is 17.2. The van der Waals surface area contributed by atoms with E-state index in [1.54, 1.807) is 4.31 Å². The molecule has 4 rings (SSSR count). The Hall–Kier alpha value is -2.35. The molecule has 8 heteroatoms. The number of nitrogens with one attached hydrogen (secondary N) is 1. The van der Waals surface area contributed by atoms with Crippen LogP contribution in [-0.4, -0.2) is 48.3 Å². The number of aromatic nitrogens is 1. The minimum Gasteiger partial charge on any atom is -0.369 e. The lowest BCUT2D eigenvalue weighted by atomic mass is 9.88. The zero-order chi connectivity index (χ0) is 22.0. The van der Waals surface area contributed by atoms with Gasteiger partial charge in [-0.3, -0.25) is 4.79 Å². The zero-order valence-corrected chi connectivity index (χ0v) is 18.8. The van der Waals surface area contributed by atoms with Gasteiger partial charge in [0.2, 0.25) is 15.9 Å². The number of fused-ring (bicyclic) bond motifs is 1. The largest absolute Gasteiger partial charge is 0.369 e. The van der Waals surface area contributed by atoms with E-state index in [4.69, 9.17) is 17.3 Å². The molecule has 3 aromatic rings. The molecule has 0 radical (unpaired) electrons. The number of hydrogen-bond donors (Lipinski definition) is 2. The molecule has 0 unspecified atom stereocenters. The number of sulfonamides is 1. The lowest BCUT2D eigenvalue weighted by molar-refractivity contribution is -0.117. The molecule has 1 aliphatic heterocycles. The highest BCUT2D eigenvalue weighted by Crippen LogP contribution is 2.37. The summed E-state index contributed by atoms with van der Waals surface area (Å²) >= 11 is 5.65. The highest BCUT2D eigenvalue weighted by Gasteiger charge is 2.29. The molecule has 6 nitrogen and oxygen atoms in total. The van der Waals surface area contributed by atoms with E-state index in [1.165, 1.54) is 0 Å². The molecule has 0 spiro atoms. The Balaban J connectivity index is 1.69. The number of H-pyrrole nitrogens is 1. The van der Waals surface area contributed by atoms with E-state index in [-0.39, 0.29) is 29.9 Å². The van der Waals surface area contributed by atoms with Gasteiger partial charge in [-0.25, -0.2) is 12.7 Å². The number of alkyl halides is 1. The van der Waals surface area contributed by atoms with Crippen molar-refractivity contribution in [1.29, 1.82) is 0 Å². The monoisotopic (exact) mass is 459 g/mol. The van der Waals surface area contributed by atoms with Gasteiger partial charge in [-0.2, -0.15) is 0 Å². The van der Waals surface area contributed by atoms with E-state index >= 15 is 0 Å². The molecule has 0 bridgehead atoms. The van der Waals surface area contributed by atoms with Crippen LogP contribution in [0.4, 0.5) is 0 Å². The maximum atomic E-state index is 12.3. The van der Waals surface area contributed by atoms with E-state index in [9.17, 15) is 13.2 Å². The average Bonchev–Trinajstić information content (AvgIpc) is 3.18. The van der Waals surface area contributed by atoms with Crippen molar-refractivity contribution in [3.63, 3.8) is 0 Å². The lowest BCUT2D eigenvalue weighted by Gasteiger charge is -2.31. The molecule has 0 aliphatic carbocycles. The Bertz CT molecular complexity index is 1180. The Morgan fingerprint density at radius 3 is 2.48 bits per heavy atom. The molecule has 1 fully saturated rings. The number of piperidine rings is 1. The quantitative estimate of drug-likeness (QED) is 0.528. The van der Waals surface area contributed by atoms with E-state index in [0.717, 1.165) is 46.0 Å². The van der Waals surface area contributed by atoms with Crippen molar-refractivity contribution in [2.24, 2.45) is 5.73 Å². The molecule has 0 atom stereocenters. The van der Waals surface area contributed by atoms with Crippen LogP contribution in [0.1, 0.15) is 29.9 Å². The van der Waals surface area contributed by atoms with Crippen molar-refractivity contribution in [2.45, 2.75) is 25.2 Å². The van der Waals surface area contributed by atoms with Crippen molar-refractivity contribution >= 4 is 38.4 Å². The first-order valence-corrected chi connectivity index (χ1v) is 12.5. The second kappa shape index (κ2) is 9.02. The van der Waals surface area contributed by atoms with Crippen LogP contribution in [0.5, 0.6) is 0 Å². The standard InChI is InChI=1S/C23H26ClN3O3S/c24-8-11-31(29,30)27-9-6-17(7-10-27)21-15-26-23-19(14-22(25)28)12-18(13-20(21)23)16-4-2-1-3-5-16/h1-5,12-13,15,17,26H,6-11,14H2,(H2,25,28). The number of nitrogens with two attached hydrogens (primary N) is 1. The normalized spacial score (nSPS) is 16.0. The van der Waals surface area contributed by atoms with Crippen molar-refractivity contribution in [1.82, 2.24) is 9.29 Å². The highest BCUT2D eigenvalue weighted by atomic mass is 35.5. The number of carbonyl (C=O) groups excluding carboxylic acids is 1. The van der Waals surface area contributed by atoms with Gasteiger partial charge in [0, 0.05) is 36.1 Å². The molecule has 3 N–H and O–H groups in total. The Kier molecular flexibility index (Phi) is 6.36. The van der Waals surface area contributed by atoms with Crippen LogP contribution in [0.2, 0.25) is 0 Å². The third-order valence-electron chi connectivity index (χ3n) is 6.00. The van der Waals surface area contributed by atoms with Crippen molar-refractivity contribution in [2.75, 3.05) is 24.7 Å². The van der Waals surface area contributed by atoms with Crippen LogP contribution in [0.25, 0.3) is 22.0 Å². The second-order valence-electron chi connectivity index (χ2n) is 7.99. The number of carbonyl (C=O) groups is 1. The summed E-state index contributed by atoms with van der Waals surface area (Å²) in [5.74, 6) is -0.0529. The van der Waals surface area contributed by atoms with Gasteiger partial charge < -0.3 is 10.7 Å². The molecule has 1 aliphatic rings. The van der Waals surface area contributed by atoms with Crippen molar-refractivity contribution in [3.8, 4) is 11.1 Å². The van der Waals surface area contributed by atoms with E-state index in [2.05, 4.69) is 11.1 Å². The van der Waals surface area contributed by atoms with Gasteiger partial charge in [0.15, 0.2) is 0 Å². The summed E-state index contributed by atoms with van der Waals surface area (Å²) in [6.45, 7) is 0.978. The van der Waals surface area contributed by atoms with Crippen LogP contribution in [0, 0.1) is 0 Å². The molecule has 1 amide bonds. The molecule has 2 heterocycles. The van der Waals surface area contributed by atoms with E-state index in [1.807, 2.05) is 42.6 Å². The summed E-state index contributed by atoms with van der Waals surface area (Å²) in [6.07, 6.45) is 3.65. The van der Waals surface area contributed by atoms with E-state index < -0.39 is 10.0 Å². The Labute approximate surface area is 187 Å². The van der Waals surface area contributed by atoms with Crippen molar-refractivity contribution < 1.29 is 13.2 Å². The number of primary amides is 1. The van der Waals surface area contributed by atoms with Crippen LogP contribution < -0.4 is 5.73 Å². The van der Waals surface area contributed by atoms with Gasteiger partial charge in [-0.05, 0) is 53.1 Å². The fourth-order valence-electron chi connectivity index (χ4n) is 4.46. The lowest BCUT2D eigenvalue weighted by Crippen LogP contribution is -2.39. The van der Waals surface area contributed by atoms with Crippen LogP contribution in [0.15, 0.2) is 48.7 Å². The van der Waals surface area contributed by atoms with Gasteiger partial charge in [0.25, 0.3) is 0 Å². The smallest absolute Gasteiger partial charge is 0.221 e. The van der Waals surface area contributed by atoms with Crippen LogP contribution >= 0.6 is 11.6 Å². The maximum Gasteiger partial charge on any atom is 0.221 e. The molecule has 1 aromatic heterocycles. The van der Waals surface area contributed by atoms with Crippen LogP contribution in [-0.2, 0) is 21.2 Å². The van der Waals surface area contributed by atoms with Gasteiger partial charge in [0.05, 0.1) is 12.2 Å². The number of benzene rings is 2. The first-order chi connectivity index (χ1) is 14.9. The maximum absolute atomic E-state index is 12.3. The average molecular weight is 460 g/mol. The summed E-state index contributed by atoms with van der Waals surface area (Å²) in [5, 5.41) is 1.07.